The number of aromatic nitrogens is 1. The zero-order chi connectivity index (χ0) is 14.8. The van der Waals surface area contributed by atoms with Crippen LogP contribution in [0.25, 0.3) is 10.9 Å². The standard InChI is InChI=1S/C18H16N2O/c1-13-7-3-6-10-17(13)20(2)18-15(12-21)11-14-8-4-5-9-16(14)19-18/h3-12H,1-2H3. The third kappa shape index (κ3) is 2.38. The van der Waals surface area contributed by atoms with Crippen molar-refractivity contribution < 1.29 is 4.79 Å². The quantitative estimate of drug-likeness (QED) is 0.674. The second kappa shape index (κ2) is 5.37. The number of hydrogen-bond acceptors (Lipinski definition) is 3. The van der Waals surface area contributed by atoms with E-state index in [4.69, 9.17) is 0 Å². The van der Waals surface area contributed by atoms with Gasteiger partial charge >= 0.3 is 0 Å². The molecular weight excluding hydrogens is 260 g/mol. The summed E-state index contributed by atoms with van der Waals surface area (Å²) in [5, 5.41) is 0.974. The number of pyridine rings is 1. The van der Waals surface area contributed by atoms with Crippen LogP contribution >= 0.6 is 0 Å². The van der Waals surface area contributed by atoms with Gasteiger partial charge in [-0.05, 0) is 30.7 Å². The van der Waals surface area contributed by atoms with Crippen molar-refractivity contribution in [3.05, 3.63) is 65.7 Å². The van der Waals surface area contributed by atoms with Crippen molar-refractivity contribution >= 4 is 28.7 Å². The van der Waals surface area contributed by atoms with E-state index in [1.807, 2.05) is 73.5 Å². The summed E-state index contributed by atoms with van der Waals surface area (Å²) < 4.78 is 0. The summed E-state index contributed by atoms with van der Waals surface area (Å²) in [5.74, 6) is 0.679. The predicted molar refractivity (Wildman–Crippen MR) is 86.4 cm³/mol. The highest BCUT2D eigenvalue weighted by atomic mass is 16.1. The normalized spacial score (nSPS) is 10.6. The van der Waals surface area contributed by atoms with Gasteiger partial charge in [0.1, 0.15) is 5.82 Å². The molecule has 3 nitrogen and oxygen atoms in total. The molecule has 3 aromatic rings. The van der Waals surface area contributed by atoms with Gasteiger partial charge in [-0.1, -0.05) is 36.4 Å². The maximum atomic E-state index is 11.4. The summed E-state index contributed by atoms with van der Waals surface area (Å²) in [6.07, 6.45) is 0.865. The molecule has 3 heteroatoms. The number of hydrogen-bond donors (Lipinski definition) is 0. The minimum Gasteiger partial charge on any atom is -0.329 e. The third-order valence-electron chi connectivity index (χ3n) is 3.65. The molecule has 0 fully saturated rings. The highest BCUT2D eigenvalue weighted by Gasteiger charge is 2.13. The Hall–Kier alpha value is -2.68. The van der Waals surface area contributed by atoms with Crippen LogP contribution in [0.5, 0.6) is 0 Å². The molecule has 104 valence electrons. The van der Waals surface area contributed by atoms with Crippen LogP contribution in [0.4, 0.5) is 11.5 Å². The minimum absolute atomic E-state index is 0.597. The molecule has 1 aromatic heterocycles. The smallest absolute Gasteiger partial charge is 0.153 e. The fourth-order valence-corrected chi connectivity index (χ4v) is 2.53. The Labute approximate surface area is 123 Å². The van der Waals surface area contributed by atoms with Crippen molar-refractivity contribution in [1.82, 2.24) is 4.98 Å². The van der Waals surface area contributed by atoms with Crippen molar-refractivity contribution in [2.24, 2.45) is 0 Å². The molecule has 0 aliphatic rings. The number of carbonyl (C=O) groups excluding carboxylic acids is 1. The molecule has 0 saturated heterocycles. The number of fused-ring (bicyclic) bond motifs is 1. The number of carbonyl (C=O) groups is 1. The molecule has 0 bridgehead atoms. The maximum absolute atomic E-state index is 11.4. The van der Waals surface area contributed by atoms with Crippen LogP contribution in [-0.2, 0) is 0 Å². The van der Waals surface area contributed by atoms with Crippen LogP contribution in [0.3, 0.4) is 0 Å². The van der Waals surface area contributed by atoms with E-state index in [0.29, 0.717) is 11.4 Å². The predicted octanol–water partition coefficient (Wildman–Crippen LogP) is 4.12. The number of aryl methyl sites for hydroxylation is 1. The number of nitrogens with zero attached hydrogens (tertiary/aromatic N) is 2. The van der Waals surface area contributed by atoms with Crippen molar-refractivity contribution in [2.45, 2.75) is 6.92 Å². The highest BCUT2D eigenvalue weighted by molar-refractivity contribution is 5.93. The molecule has 1 heterocycles. The van der Waals surface area contributed by atoms with Gasteiger partial charge in [-0.2, -0.15) is 0 Å². The number of aldehydes is 1. The lowest BCUT2D eigenvalue weighted by Gasteiger charge is -2.22. The van der Waals surface area contributed by atoms with Crippen LogP contribution in [0.2, 0.25) is 0 Å². The molecule has 0 atom stereocenters. The molecule has 0 aliphatic heterocycles. The molecule has 0 aliphatic carbocycles. The molecule has 0 saturated carbocycles. The number of benzene rings is 2. The molecule has 2 aromatic carbocycles. The summed E-state index contributed by atoms with van der Waals surface area (Å²) >= 11 is 0. The van der Waals surface area contributed by atoms with Gasteiger partial charge in [-0.25, -0.2) is 4.98 Å². The molecule has 0 N–H and O–H groups in total. The van der Waals surface area contributed by atoms with E-state index in [9.17, 15) is 4.79 Å². The van der Waals surface area contributed by atoms with Crippen molar-refractivity contribution in [2.75, 3.05) is 11.9 Å². The average Bonchev–Trinajstić information content (AvgIpc) is 2.53. The van der Waals surface area contributed by atoms with Crippen LogP contribution in [0, 0.1) is 6.92 Å². The fourth-order valence-electron chi connectivity index (χ4n) is 2.53. The monoisotopic (exact) mass is 276 g/mol. The Morgan fingerprint density at radius 1 is 1.05 bits per heavy atom. The number of rotatable bonds is 3. The van der Waals surface area contributed by atoms with E-state index in [-0.39, 0.29) is 0 Å². The first-order chi connectivity index (χ1) is 10.2. The third-order valence-corrected chi connectivity index (χ3v) is 3.65. The first-order valence-corrected chi connectivity index (χ1v) is 6.85. The van der Waals surface area contributed by atoms with Crippen LogP contribution in [0.1, 0.15) is 15.9 Å². The zero-order valence-corrected chi connectivity index (χ0v) is 12.1. The Morgan fingerprint density at radius 3 is 2.52 bits per heavy atom. The van der Waals surface area contributed by atoms with Crippen LogP contribution in [0.15, 0.2) is 54.6 Å². The van der Waals surface area contributed by atoms with Crippen LogP contribution in [-0.4, -0.2) is 18.3 Å². The Bertz CT molecular complexity index is 811. The second-order valence-electron chi connectivity index (χ2n) is 5.06. The fraction of sp³-hybridized carbons (Fsp3) is 0.111. The van der Waals surface area contributed by atoms with E-state index >= 15 is 0 Å². The summed E-state index contributed by atoms with van der Waals surface area (Å²) in [7, 11) is 1.94. The topological polar surface area (TPSA) is 33.2 Å². The van der Waals surface area contributed by atoms with E-state index in [0.717, 1.165) is 28.4 Å². The molecule has 0 unspecified atom stereocenters. The Balaban J connectivity index is 2.19. The average molecular weight is 276 g/mol. The first-order valence-electron chi connectivity index (χ1n) is 6.85. The Morgan fingerprint density at radius 2 is 1.76 bits per heavy atom. The van der Waals surface area contributed by atoms with Crippen LogP contribution < -0.4 is 4.90 Å². The van der Waals surface area contributed by atoms with Gasteiger partial charge in [0, 0.05) is 18.1 Å². The SMILES string of the molecule is Cc1ccccc1N(C)c1nc2ccccc2cc1C=O. The first kappa shape index (κ1) is 13.3. The summed E-state index contributed by atoms with van der Waals surface area (Å²) in [6, 6.07) is 17.8. The second-order valence-corrected chi connectivity index (χ2v) is 5.06. The minimum atomic E-state index is 0.597. The van der Waals surface area contributed by atoms with Crippen molar-refractivity contribution in [1.29, 1.82) is 0 Å². The highest BCUT2D eigenvalue weighted by Crippen LogP contribution is 2.29. The van der Waals surface area contributed by atoms with Gasteiger partial charge in [0.15, 0.2) is 6.29 Å². The van der Waals surface area contributed by atoms with E-state index in [1.165, 1.54) is 0 Å². The summed E-state index contributed by atoms with van der Waals surface area (Å²) in [5.41, 5.74) is 3.67. The molecule has 3 rings (SSSR count). The van der Waals surface area contributed by atoms with Gasteiger partial charge in [0.05, 0.1) is 11.1 Å². The van der Waals surface area contributed by atoms with Crippen molar-refractivity contribution in [3.63, 3.8) is 0 Å². The van der Waals surface area contributed by atoms with Gasteiger partial charge in [0.2, 0.25) is 0 Å². The molecule has 0 amide bonds. The van der Waals surface area contributed by atoms with E-state index in [2.05, 4.69) is 4.98 Å². The lowest BCUT2D eigenvalue weighted by Crippen LogP contribution is -2.14. The Kier molecular flexibility index (Phi) is 3.40. The van der Waals surface area contributed by atoms with Gasteiger partial charge in [0.25, 0.3) is 0 Å². The molecule has 0 radical (unpaired) electrons. The molecular formula is C18H16N2O. The van der Waals surface area contributed by atoms with Gasteiger partial charge in [-0.15, -0.1) is 0 Å². The van der Waals surface area contributed by atoms with Crippen molar-refractivity contribution in [3.8, 4) is 0 Å². The van der Waals surface area contributed by atoms with Gasteiger partial charge in [-0.3, -0.25) is 4.79 Å². The zero-order valence-electron chi connectivity index (χ0n) is 12.1. The lowest BCUT2D eigenvalue weighted by atomic mass is 10.1. The summed E-state index contributed by atoms with van der Waals surface area (Å²) in [4.78, 5) is 18.0. The van der Waals surface area contributed by atoms with E-state index in [1.54, 1.807) is 0 Å². The summed E-state index contributed by atoms with van der Waals surface area (Å²) in [6.45, 7) is 2.05. The largest absolute Gasteiger partial charge is 0.329 e. The van der Waals surface area contributed by atoms with E-state index < -0.39 is 0 Å². The number of para-hydroxylation sites is 2. The molecule has 21 heavy (non-hydrogen) atoms. The lowest BCUT2D eigenvalue weighted by molar-refractivity contribution is 0.112. The maximum Gasteiger partial charge on any atom is 0.153 e. The number of anilines is 2. The molecule has 0 spiro atoms. The van der Waals surface area contributed by atoms with Gasteiger partial charge < -0.3 is 4.90 Å².